The largest absolute Gasteiger partial charge is 0.456 e. The molecule has 4 aliphatic carbocycles. The van der Waals surface area contributed by atoms with E-state index < -0.39 is 48.3 Å². The van der Waals surface area contributed by atoms with E-state index in [1.165, 1.54) is 25.7 Å². The average molecular weight is 633 g/mol. The summed E-state index contributed by atoms with van der Waals surface area (Å²) in [6.07, 6.45) is 10.9. The monoisotopic (exact) mass is 632 g/mol. The number of halogens is 1. The van der Waals surface area contributed by atoms with Crippen LogP contribution in [0.2, 0.25) is 0 Å². The van der Waals surface area contributed by atoms with Gasteiger partial charge in [-0.25, -0.2) is 9.18 Å². The van der Waals surface area contributed by atoms with Gasteiger partial charge in [-0.05, 0) is 86.2 Å². The second-order valence-corrected chi connectivity index (χ2v) is 15.3. The number of hydrogen-bond donors (Lipinski definition) is 1. The van der Waals surface area contributed by atoms with Gasteiger partial charge in [0.2, 0.25) is 5.78 Å². The first-order valence-corrected chi connectivity index (χ1v) is 18.1. The van der Waals surface area contributed by atoms with Crippen LogP contribution in [0.25, 0.3) is 0 Å². The Balaban J connectivity index is 1.34. The molecule has 45 heavy (non-hydrogen) atoms. The molecule has 5 aliphatic rings. The molecule has 0 aromatic heterocycles. The lowest BCUT2D eigenvalue weighted by Crippen LogP contribution is -2.61. The number of Topliss-reactive ketones (excluding diaryl/α,β-unsaturated/α-hetero) is 1. The van der Waals surface area contributed by atoms with Gasteiger partial charge in [0.15, 0.2) is 24.8 Å². The van der Waals surface area contributed by atoms with Crippen LogP contribution in [0.4, 0.5) is 4.39 Å². The maximum Gasteiger partial charge on any atom is 0.338 e. The summed E-state index contributed by atoms with van der Waals surface area (Å²) < 4.78 is 34.6. The first-order chi connectivity index (χ1) is 21.5. The van der Waals surface area contributed by atoms with E-state index in [4.69, 9.17) is 14.2 Å². The predicted molar refractivity (Wildman–Crippen MR) is 169 cm³/mol. The second kappa shape index (κ2) is 14.2. The SMILES string of the molecule is CCCCCCCCCC(O)C1OC(CCC)O[C@@]2(CC[C@H]3[C@@H]4C[C@H](F)C5=CC(=O)CC[C@]5(C)[C@H]4CC[C@@]32C)C(=O)COC1=O. The van der Waals surface area contributed by atoms with E-state index in [1.807, 2.05) is 6.92 Å². The molecule has 1 saturated heterocycles. The van der Waals surface area contributed by atoms with Gasteiger partial charge in [0.25, 0.3) is 0 Å². The van der Waals surface area contributed by atoms with Gasteiger partial charge < -0.3 is 19.3 Å². The molecule has 8 heteroatoms. The number of cyclic esters (lactones) is 1. The van der Waals surface area contributed by atoms with Crippen LogP contribution in [0, 0.1) is 28.6 Å². The summed E-state index contributed by atoms with van der Waals surface area (Å²) in [5.74, 6) is -0.565. The van der Waals surface area contributed by atoms with Gasteiger partial charge in [0, 0.05) is 11.8 Å². The molecule has 7 nitrogen and oxygen atoms in total. The topological polar surface area (TPSA) is 99.1 Å². The van der Waals surface area contributed by atoms with Crippen LogP contribution in [0.1, 0.15) is 137 Å². The molecule has 0 aromatic carbocycles. The number of ether oxygens (including phenoxy) is 3. The van der Waals surface area contributed by atoms with Crippen LogP contribution in [0.5, 0.6) is 0 Å². The molecule has 0 bridgehead atoms. The Kier molecular flexibility index (Phi) is 11.0. The Morgan fingerprint density at radius 1 is 0.956 bits per heavy atom. The summed E-state index contributed by atoms with van der Waals surface area (Å²) in [6.45, 7) is 8.05. The summed E-state index contributed by atoms with van der Waals surface area (Å²) >= 11 is 0. The normalized spacial score (nSPS) is 40.8. The number of rotatable bonds is 11. The highest BCUT2D eigenvalue weighted by Gasteiger charge is 2.69. The zero-order valence-corrected chi connectivity index (χ0v) is 28.1. The molecule has 1 heterocycles. The Morgan fingerprint density at radius 3 is 2.40 bits per heavy atom. The predicted octanol–water partition coefficient (Wildman–Crippen LogP) is 7.36. The maximum absolute atomic E-state index is 15.9. The van der Waals surface area contributed by atoms with Gasteiger partial charge in [-0.15, -0.1) is 0 Å². The standard InChI is InChI=1S/C37H57FO7/c1-5-7-8-9-10-11-12-14-30(40)33-34(42)43-23-31(41)37(45-32(44-33)13-6-2)20-17-27-25-22-29(38)28-21-24(39)15-18-35(28,3)26(25)16-19-36(27,37)4/h21,25-27,29-30,32-33,40H,5-20,22-23H2,1-4H3/t25-,26+,27+,29+,30?,32?,33?,35-,36+,37+/m1/s1. The third-order valence-electron chi connectivity index (χ3n) is 12.7. The van der Waals surface area contributed by atoms with Crippen molar-refractivity contribution < 1.29 is 38.1 Å². The molecule has 10 atom stereocenters. The fourth-order valence-electron chi connectivity index (χ4n) is 10.2. The number of carbonyl (C=O) groups is 3. The Bertz CT molecular complexity index is 1120. The lowest BCUT2D eigenvalue weighted by atomic mass is 9.46. The van der Waals surface area contributed by atoms with Gasteiger partial charge in [0.05, 0.1) is 6.10 Å². The number of fused-ring (bicyclic) bond motifs is 6. The van der Waals surface area contributed by atoms with E-state index in [0.717, 1.165) is 38.5 Å². The zero-order chi connectivity index (χ0) is 32.4. The van der Waals surface area contributed by atoms with Gasteiger partial charge in [-0.2, -0.15) is 0 Å². The smallest absolute Gasteiger partial charge is 0.338 e. The van der Waals surface area contributed by atoms with Crippen LogP contribution in [0.3, 0.4) is 0 Å². The summed E-state index contributed by atoms with van der Waals surface area (Å²) in [4.78, 5) is 39.7. The molecule has 0 radical (unpaired) electrons. The molecule has 254 valence electrons. The third-order valence-corrected chi connectivity index (χ3v) is 12.7. The van der Waals surface area contributed by atoms with Crippen molar-refractivity contribution in [3.05, 3.63) is 11.6 Å². The summed E-state index contributed by atoms with van der Waals surface area (Å²) in [6, 6.07) is 0. The summed E-state index contributed by atoms with van der Waals surface area (Å²) in [5, 5.41) is 11.1. The Labute approximate surface area is 269 Å². The lowest BCUT2D eigenvalue weighted by Gasteiger charge is -2.60. The number of aliphatic hydroxyl groups excluding tert-OH is 1. The second-order valence-electron chi connectivity index (χ2n) is 15.3. The summed E-state index contributed by atoms with van der Waals surface area (Å²) in [5.41, 5.74) is -1.47. The van der Waals surface area contributed by atoms with Gasteiger partial charge in [-0.1, -0.05) is 79.1 Å². The molecule has 5 rings (SSSR count). The minimum atomic E-state index is -1.22. The van der Waals surface area contributed by atoms with Crippen LogP contribution < -0.4 is 0 Å². The zero-order valence-electron chi connectivity index (χ0n) is 28.1. The number of ketones is 2. The van der Waals surface area contributed by atoms with Gasteiger partial charge in [0.1, 0.15) is 11.8 Å². The molecule has 1 spiro atoms. The van der Waals surface area contributed by atoms with E-state index in [1.54, 1.807) is 6.08 Å². The van der Waals surface area contributed by atoms with Crippen LogP contribution in [-0.2, 0) is 28.6 Å². The minimum absolute atomic E-state index is 0.0240. The highest BCUT2D eigenvalue weighted by Crippen LogP contribution is 2.69. The van der Waals surface area contributed by atoms with Gasteiger partial charge >= 0.3 is 5.97 Å². The van der Waals surface area contributed by atoms with Crippen molar-refractivity contribution in [1.29, 1.82) is 0 Å². The van der Waals surface area contributed by atoms with E-state index in [0.29, 0.717) is 50.5 Å². The van der Waals surface area contributed by atoms with E-state index in [9.17, 15) is 19.5 Å². The highest BCUT2D eigenvalue weighted by atomic mass is 19.1. The molecular weight excluding hydrogens is 575 g/mol. The lowest BCUT2D eigenvalue weighted by molar-refractivity contribution is -0.262. The molecule has 3 saturated carbocycles. The Morgan fingerprint density at radius 2 is 1.67 bits per heavy atom. The van der Waals surface area contributed by atoms with Crippen LogP contribution in [-0.4, -0.2) is 59.5 Å². The fourth-order valence-corrected chi connectivity index (χ4v) is 10.2. The van der Waals surface area contributed by atoms with E-state index in [2.05, 4.69) is 20.8 Å². The first-order valence-electron chi connectivity index (χ1n) is 18.1. The first kappa shape index (κ1) is 34.7. The van der Waals surface area contributed by atoms with Crippen molar-refractivity contribution in [1.82, 2.24) is 0 Å². The molecular formula is C37H57FO7. The van der Waals surface area contributed by atoms with Gasteiger partial charge in [-0.3, -0.25) is 9.59 Å². The van der Waals surface area contributed by atoms with Crippen molar-refractivity contribution in [3.63, 3.8) is 0 Å². The van der Waals surface area contributed by atoms with Crippen molar-refractivity contribution in [2.45, 2.75) is 167 Å². The van der Waals surface area contributed by atoms with Crippen LogP contribution in [0.15, 0.2) is 11.6 Å². The van der Waals surface area contributed by atoms with Crippen LogP contribution >= 0.6 is 0 Å². The quantitative estimate of drug-likeness (QED) is 0.188. The molecule has 1 aliphatic heterocycles. The number of esters is 1. The number of carbonyl (C=O) groups excluding carboxylic acids is 3. The maximum atomic E-state index is 15.9. The van der Waals surface area contributed by atoms with E-state index >= 15 is 4.39 Å². The number of alkyl halides is 1. The van der Waals surface area contributed by atoms with Crippen molar-refractivity contribution in [3.8, 4) is 0 Å². The Hall–Kier alpha value is -1.64. The molecule has 0 aromatic rings. The van der Waals surface area contributed by atoms with E-state index in [-0.39, 0.29) is 34.7 Å². The molecule has 3 unspecified atom stereocenters. The van der Waals surface area contributed by atoms with Crippen molar-refractivity contribution in [2.75, 3.05) is 6.61 Å². The fraction of sp³-hybridized carbons (Fsp3) is 0.865. The molecule has 1 N–H and O–H groups in total. The van der Waals surface area contributed by atoms with Crippen molar-refractivity contribution in [2.24, 2.45) is 28.6 Å². The number of hydrogen-bond acceptors (Lipinski definition) is 7. The third kappa shape index (κ3) is 6.46. The number of allylic oxidation sites excluding steroid dienone is 1. The summed E-state index contributed by atoms with van der Waals surface area (Å²) in [7, 11) is 0. The highest BCUT2D eigenvalue weighted by molar-refractivity contribution is 5.92. The minimum Gasteiger partial charge on any atom is -0.456 e. The number of aliphatic hydroxyl groups is 1. The average Bonchev–Trinajstić information content (AvgIpc) is 3.33. The van der Waals surface area contributed by atoms with Crippen molar-refractivity contribution >= 4 is 17.5 Å². The molecule has 0 amide bonds. The number of unbranched alkanes of at least 4 members (excludes halogenated alkanes) is 6. The molecule has 4 fully saturated rings.